The van der Waals surface area contributed by atoms with E-state index in [4.69, 9.17) is 16.3 Å². The number of nitro groups is 1. The average molecular weight is 710 g/mol. The van der Waals surface area contributed by atoms with Crippen LogP contribution in [-0.4, -0.2) is 56.3 Å². The molecule has 2 amide bonds. The number of hydrogen-bond donors (Lipinski definition) is 1. The Balaban J connectivity index is 2.14. The number of aryl methyl sites for hydroxylation is 1. The number of carbonyl (C=O) groups is 2. The number of unbranched alkanes of at least 4 members (excludes halogenated alkanes) is 1. The Morgan fingerprint density at radius 1 is 1.14 bits per heavy atom. The number of halogens is 2. The molecule has 0 aliphatic carbocycles. The quantitative estimate of drug-likeness (QED) is 0.126. The fourth-order valence-electron chi connectivity index (χ4n) is 4.40. The molecule has 0 radical (unpaired) electrons. The molecule has 1 N–H and O–H groups in total. The molecule has 3 aromatic rings. The highest BCUT2D eigenvalue weighted by Gasteiger charge is 2.35. The SMILES string of the molecule is CCCCNC(=O)[C@@H](C)N(Cc1cccc(Br)c1)C(=O)CN(c1cc(Cl)ccc1OC)S(=O)(=O)c1ccc(C)c([N+](=O)[O-])c1. The third-order valence-electron chi connectivity index (χ3n) is 6.89. The van der Waals surface area contributed by atoms with Gasteiger partial charge in [-0.2, -0.15) is 0 Å². The number of ether oxygens (including phenoxy) is 1. The van der Waals surface area contributed by atoms with Gasteiger partial charge in [0.1, 0.15) is 18.3 Å². The smallest absolute Gasteiger partial charge is 0.273 e. The summed E-state index contributed by atoms with van der Waals surface area (Å²) in [5, 5.41) is 14.6. The highest BCUT2D eigenvalue weighted by molar-refractivity contribution is 9.10. The minimum atomic E-state index is -4.61. The molecule has 44 heavy (non-hydrogen) atoms. The van der Waals surface area contributed by atoms with E-state index in [-0.39, 0.29) is 28.6 Å². The summed E-state index contributed by atoms with van der Waals surface area (Å²) in [5.74, 6) is -1.00. The summed E-state index contributed by atoms with van der Waals surface area (Å²) >= 11 is 9.68. The number of methoxy groups -OCH3 is 1. The van der Waals surface area contributed by atoms with Gasteiger partial charge in [-0.3, -0.25) is 24.0 Å². The van der Waals surface area contributed by atoms with E-state index in [1.807, 2.05) is 13.0 Å². The Labute approximate surface area is 270 Å². The Morgan fingerprint density at radius 3 is 2.50 bits per heavy atom. The van der Waals surface area contributed by atoms with Crippen LogP contribution in [0.2, 0.25) is 5.02 Å². The van der Waals surface area contributed by atoms with E-state index in [1.54, 1.807) is 25.1 Å². The standard InChI is InChI=1S/C30H34BrClN4O7S/c1-5-6-14-33-30(38)21(3)34(18-22-8-7-9-23(31)15-22)29(37)19-35(27-16-24(32)11-13-28(27)43-4)44(41,42)25-12-10-20(2)26(17-25)36(39)40/h7-13,15-17,21H,5-6,14,18-19H2,1-4H3,(H,33,38)/t21-/m1/s1. The molecule has 3 aromatic carbocycles. The maximum absolute atomic E-state index is 14.2. The van der Waals surface area contributed by atoms with Crippen LogP contribution in [0.5, 0.6) is 5.75 Å². The number of nitrogens with one attached hydrogen (secondary N) is 1. The molecule has 236 valence electrons. The predicted octanol–water partition coefficient (Wildman–Crippen LogP) is 5.86. The van der Waals surface area contributed by atoms with Gasteiger partial charge in [-0.05, 0) is 62.2 Å². The van der Waals surface area contributed by atoms with Gasteiger partial charge < -0.3 is 15.0 Å². The molecule has 0 aromatic heterocycles. The summed E-state index contributed by atoms with van der Waals surface area (Å²) in [5.41, 5.74) is 0.507. The van der Waals surface area contributed by atoms with Crippen molar-refractivity contribution in [2.75, 3.05) is 24.5 Å². The number of amides is 2. The minimum absolute atomic E-state index is 0.00277. The minimum Gasteiger partial charge on any atom is -0.495 e. The van der Waals surface area contributed by atoms with Crippen LogP contribution >= 0.6 is 27.5 Å². The first-order valence-corrected chi connectivity index (χ1v) is 16.3. The van der Waals surface area contributed by atoms with Crippen LogP contribution < -0.4 is 14.4 Å². The number of sulfonamides is 1. The lowest BCUT2D eigenvalue weighted by molar-refractivity contribution is -0.385. The van der Waals surface area contributed by atoms with Crippen LogP contribution in [0.25, 0.3) is 0 Å². The van der Waals surface area contributed by atoms with Crippen LogP contribution in [0.1, 0.15) is 37.8 Å². The number of rotatable bonds is 14. The van der Waals surface area contributed by atoms with E-state index in [0.29, 0.717) is 12.1 Å². The Hall–Kier alpha value is -3.68. The van der Waals surface area contributed by atoms with Crippen molar-refractivity contribution in [1.82, 2.24) is 10.2 Å². The van der Waals surface area contributed by atoms with Crippen molar-refractivity contribution in [2.24, 2.45) is 0 Å². The van der Waals surface area contributed by atoms with Crippen molar-refractivity contribution in [2.45, 2.75) is 51.1 Å². The van der Waals surface area contributed by atoms with Gasteiger partial charge in [-0.25, -0.2) is 8.42 Å². The lowest BCUT2D eigenvalue weighted by Crippen LogP contribution is -2.51. The molecule has 0 saturated heterocycles. The highest BCUT2D eigenvalue weighted by atomic mass is 79.9. The first-order valence-electron chi connectivity index (χ1n) is 13.7. The topological polar surface area (TPSA) is 139 Å². The predicted molar refractivity (Wildman–Crippen MR) is 172 cm³/mol. The molecule has 0 aliphatic heterocycles. The largest absolute Gasteiger partial charge is 0.495 e. The maximum Gasteiger partial charge on any atom is 0.273 e. The van der Waals surface area contributed by atoms with Gasteiger partial charge in [0.2, 0.25) is 11.8 Å². The van der Waals surface area contributed by atoms with Crippen LogP contribution in [0.3, 0.4) is 0 Å². The van der Waals surface area contributed by atoms with Gasteiger partial charge in [0.25, 0.3) is 15.7 Å². The fraction of sp³-hybridized carbons (Fsp3) is 0.333. The maximum atomic E-state index is 14.2. The monoisotopic (exact) mass is 708 g/mol. The summed E-state index contributed by atoms with van der Waals surface area (Å²) in [6.45, 7) is 4.70. The number of anilines is 1. The lowest BCUT2D eigenvalue weighted by Gasteiger charge is -2.32. The first kappa shape index (κ1) is 34.8. The van der Waals surface area contributed by atoms with Gasteiger partial charge in [-0.1, -0.05) is 59.1 Å². The zero-order valence-corrected chi connectivity index (χ0v) is 27.9. The molecule has 0 bridgehead atoms. The molecule has 14 heteroatoms. The Kier molecular flexibility index (Phi) is 12.1. The van der Waals surface area contributed by atoms with Crippen LogP contribution in [0.4, 0.5) is 11.4 Å². The van der Waals surface area contributed by atoms with Crippen molar-refractivity contribution in [3.05, 3.63) is 91.4 Å². The van der Waals surface area contributed by atoms with Gasteiger partial charge in [0.05, 0.1) is 22.6 Å². The molecule has 1 atom stereocenters. The van der Waals surface area contributed by atoms with Crippen LogP contribution in [-0.2, 0) is 26.2 Å². The van der Waals surface area contributed by atoms with E-state index in [0.717, 1.165) is 27.7 Å². The normalized spacial score (nSPS) is 11.9. The molecule has 0 spiro atoms. The number of benzene rings is 3. The molecule has 0 heterocycles. The van der Waals surface area contributed by atoms with Gasteiger partial charge in [-0.15, -0.1) is 0 Å². The third-order valence-corrected chi connectivity index (χ3v) is 9.38. The molecule has 0 unspecified atom stereocenters. The number of nitrogens with zero attached hydrogens (tertiary/aromatic N) is 3. The summed E-state index contributed by atoms with van der Waals surface area (Å²) in [7, 11) is -3.28. The van der Waals surface area contributed by atoms with Crippen molar-refractivity contribution >= 4 is 60.7 Å². The summed E-state index contributed by atoms with van der Waals surface area (Å²) in [6.07, 6.45) is 1.61. The summed E-state index contributed by atoms with van der Waals surface area (Å²) in [6, 6.07) is 14.0. The molecule has 11 nitrogen and oxygen atoms in total. The van der Waals surface area contributed by atoms with Crippen molar-refractivity contribution in [1.29, 1.82) is 0 Å². The van der Waals surface area contributed by atoms with Gasteiger partial charge in [0.15, 0.2) is 0 Å². The van der Waals surface area contributed by atoms with Crippen molar-refractivity contribution in [3.8, 4) is 5.75 Å². The van der Waals surface area contributed by atoms with E-state index in [2.05, 4.69) is 21.2 Å². The highest BCUT2D eigenvalue weighted by Crippen LogP contribution is 2.36. The van der Waals surface area contributed by atoms with Gasteiger partial charge >= 0.3 is 0 Å². The van der Waals surface area contributed by atoms with Crippen LogP contribution in [0.15, 0.2) is 70.0 Å². The average Bonchev–Trinajstić information content (AvgIpc) is 2.98. The second-order valence-electron chi connectivity index (χ2n) is 10.0. The summed E-state index contributed by atoms with van der Waals surface area (Å²) in [4.78, 5) is 39.1. The van der Waals surface area contributed by atoms with Crippen LogP contribution in [0, 0.1) is 17.0 Å². The first-order chi connectivity index (χ1) is 20.8. The lowest BCUT2D eigenvalue weighted by atomic mass is 10.1. The Bertz CT molecular complexity index is 1640. The molecule has 3 rings (SSSR count). The molecule has 0 saturated carbocycles. The second-order valence-corrected chi connectivity index (χ2v) is 13.2. The van der Waals surface area contributed by atoms with E-state index in [9.17, 15) is 28.1 Å². The number of carbonyl (C=O) groups excluding carboxylic acids is 2. The fourth-order valence-corrected chi connectivity index (χ4v) is 6.45. The molecular weight excluding hydrogens is 676 g/mol. The number of hydrogen-bond acceptors (Lipinski definition) is 7. The molecule has 0 aliphatic rings. The molecular formula is C30H34BrClN4O7S. The summed E-state index contributed by atoms with van der Waals surface area (Å²) < 4.78 is 35.3. The van der Waals surface area contributed by atoms with E-state index < -0.39 is 49.9 Å². The Morgan fingerprint density at radius 2 is 1.86 bits per heavy atom. The van der Waals surface area contributed by atoms with Crippen molar-refractivity contribution in [3.63, 3.8) is 0 Å². The van der Waals surface area contributed by atoms with E-state index >= 15 is 0 Å². The second kappa shape index (κ2) is 15.4. The zero-order chi connectivity index (χ0) is 32.6. The van der Waals surface area contributed by atoms with Gasteiger partial charge in [0, 0.05) is 34.2 Å². The molecule has 0 fully saturated rings. The van der Waals surface area contributed by atoms with E-state index in [1.165, 1.54) is 49.3 Å². The third kappa shape index (κ3) is 8.48. The zero-order valence-electron chi connectivity index (χ0n) is 24.7. The number of nitro benzene ring substituents is 1. The van der Waals surface area contributed by atoms with Crippen molar-refractivity contribution < 1.29 is 27.7 Å².